The molecule has 1 aromatic rings. The summed E-state index contributed by atoms with van der Waals surface area (Å²) in [5.41, 5.74) is 0.335. The van der Waals surface area contributed by atoms with Gasteiger partial charge in [0.05, 0.1) is 13.5 Å². The third-order valence-corrected chi connectivity index (χ3v) is 2.41. The number of alkyl halides is 2. The van der Waals surface area contributed by atoms with E-state index in [-0.39, 0.29) is 11.4 Å². The van der Waals surface area contributed by atoms with Gasteiger partial charge in [0.15, 0.2) is 0 Å². The number of aryl methyl sites for hydroxylation is 1. The fourth-order valence-corrected chi connectivity index (χ4v) is 1.54. The number of hydrogen-bond acceptors (Lipinski definition) is 3. The third kappa shape index (κ3) is 2.88. The SMILES string of the molecule is COC(=O)Cc1c(Cl)cc(C(F)F)nc1C. The van der Waals surface area contributed by atoms with E-state index >= 15 is 0 Å². The van der Waals surface area contributed by atoms with Gasteiger partial charge in [0.25, 0.3) is 6.43 Å². The van der Waals surface area contributed by atoms with Crippen molar-refractivity contribution in [3.63, 3.8) is 0 Å². The van der Waals surface area contributed by atoms with Gasteiger partial charge >= 0.3 is 5.97 Å². The maximum Gasteiger partial charge on any atom is 0.310 e. The molecule has 0 saturated carbocycles. The van der Waals surface area contributed by atoms with Gasteiger partial charge < -0.3 is 4.74 Å². The number of ether oxygens (including phenoxy) is 1. The number of hydrogen-bond donors (Lipinski definition) is 0. The Kier molecular flexibility index (Phi) is 4.18. The highest BCUT2D eigenvalue weighted by atomic mass is 35.5. The van der Waals surface area contributed by atoms with Crippen LogP contribution in [0.4, 0.5) is 8.78 Å². The summed E-state index contributed by atoms with van der Waals surface area (Å²) in [6, 6.07) is 1.07. The minimum Gasteiger partial charge on any atom is -0.469 e. The molecule has 3 nitrogen and oxygen atoms in total. The van der Waals surface area contributed by atoms with Crippen molar-refractivity contribution in [1.29, 1.82) is 0 Å². The lowest BCUT2D eigenvalue weighted by Crippen LogP contribution is -2.08. The Morgan fingerprint density at radius 2 is 2.25 bits per heavy atom. The summed E-state index contributed by atoms with van der Waals surface area (Å²) in [7, 11) is 1.24. The molecule has 1 aromatic heterocycles. The number of aromatic nitrogens is 1. The Morgan fingerprint density at radius 3 is 2.69 bits per heavy atom. The lowest BCUT2D eigenvalue weighted by atomic mass is 10.1. The second kappa shape index (κ2) is 5.21. The molecule has 88 valence electrons. The maximum atomic E-state index is 12.4. The van der Waals surface area contributed by atoms with Gasteiger partial charge in [0.1, 0.15) is 5.69 Å². The molecule has 0 aliphatic rings. The number of halogens is 3. The van der Waals surface area contributed by atoms with Crippen LogP contribution in [-0.4, -0.2) is 18.1 Å². The Morgan fingerprint density at radius 1 is 1.62 bits per heavy atom. The highest BCUT2D eigenvalue weighted by Gasteiger charge is 2.16. The van der Waals surface area contributed by atoms with E-state index in [1.165, 1.54) is 14.0 Å². The van der Waals surface area contributed by atoms with Crippen LogP contribution in [-0.2, 0) is 16.0 Å². The van der Waals surface area contributed by atoms with Crippen molar-refractivity contribution in [2.24, 2.45) is 0 Å². The molecule has 0 saturated heterocycles. The fourth-order valence-electron chi connectivity index (χ4n) is 1.22. The number of carbonyl (C=O) groups excluding carboxylic acids is 1. The molecule has 0 bridgehead atoms. The van der Waals surface area contributed by atoms with Crippen LogP contribution in [0, 0.1) is 6.92 Å². The molecule has 1 rings (SSSR count). The van der Waals surface area contributed by atoms with E-state index in [4.69, 9.17) is 11.6 Å². The molecule has 0 fully saturated rings. The zero-order valence-electron chi connectivity index (χ0n) is 8.76. The number of carbonyl (C=O) groups is 1. The standard InChI is InChI=1S/C10H10ClF2NO2/c1-5-6(3-9(15)16-2)7(11)4-8(14-5)10(12)13/h4,10H,3H2,1-2H3. The lowest BCUT2D eigenvalue weighted by Gasteiger charge is -2.09. The Labute approximate surface area is 96.4 Å². The number of pyridine rings is 1. The molecule has 0 aromatic carbocycles. The van der Waals surface area contributed by atoms with Gasteiger partial charge in [-0.25, -0.2) is 8.78 Å². The van der Waals surface area contributed by atoms with Gasteiger partial charge in [0.2, 0.25) is 0 Å². The van der Waals surface area contributed by atoms with Gasteiger partial charge in [-0.05, 0) is 13.0 Å². The van der Waals surface area contributed by atoms with E-state index in [9.17, 15) is 13.6 Å². The van der Waals surface area contributed by atoms with E-state index in [0.717, 1.165) is 6.07 Å². The van der Waals surface area contributed by atoms with Crippen LogP contribution in [0.5, 0.6) is 0 Å². The molecule has 1 heterocycles. The predicted octanol–water partition coefficient (Wildman–Crippen LogP) is 2.70. The molecule has 0 unspecified atom stereocenters. The quantitative estimate of drug-likeness (QED) is 0.773. The minimum atomic E-state index is -2.68. The molecule has 0 aliphatic carbocycles. The lowest BCUT2D eigenvalue weighted by molar-refractivity contribution is -0.139. The largest absolute Gasteiger partial charge is 0.469 e. The van der Waals surface area contributed by atoms with Crippen LogP contribution >= 0.6 is 11.6 Å². The summed E-state index contributed by atoms with van der Waals surface area (Å²) in [6.07, 6.45) is -2.75. The monoisotopic (exact) mass is 249 g/mol. The number of esters is 1. The highest BCUT2D eigenvalue weighted by molar-refractivity contribution is 6.31. The van der Waals surface area contributed by atoms with Crippen LogP contribution < -0.4 is 0 Å². The Balaban J connectivity index is 3.07. The summed E-state index contributed by atoms with van der Waals surface area (Å²) in [5.74, 6) is -0.489. The summed E-state index contributed by atoms with van der Waals surface area (Å²) in [5, 5.41) is 0.105. The van der Waals surface area contributed by atoms with Crippen molar-refractivity contribution >= 4 is 17.6 Å². The molecule has 0 atom stereocenters. The fraction of sp³-hybridized carbons (Fsp3) is 0.400. The first-order valence-electron chi connectivity index (χ1n) is 4.46. The first kappa shape index (κ1) is 12.8. The molecular formula is C10H10ClF2NO2. The molecule has 0 N–H and O–H groups in total. The summed E-state index contributed by atoms with van der Waals surface area (Å²) in [4.78, 5) is 14.7. The zero-order chi connectivity index (χ0) is 12.3. The molecule has 16 heavy (non-hydrogen) atoms. The molecule has 0 radical (unpaired) electrons. The van der Waals surface area contributed by atoms with Crippen molar-refractivity contribution in [3.05, 3.63) is 28.0 Å². The molecule has 6 heteroatoms. The van der Waals surface area contributed by atoms with E-state index < -0.39 is 18.1 Å². The summed E-state index contributed by atoms with van der Waals surface area (Å²) < 4.78 is 29.2. The average Bonchev–Trinajstić information content (AvgIpc) is 2.22. The normalized spacial score (nSPS) is 10.6. The third-order valence-electron chi connectivity index (χ3n) is 2.07. The second-order valence-corrected chi connectivity index (χ2v) is 3.55. The van der Waals surface area contributed by atoms with Gasteiger partial charge in [0, 0.05) is 16.3 Å². The smallest absolute Gasteiger partial charge is 0.310 e. The molecular weight excluding hydrogens is 240 g/mol. The average molecular weight is 250 g/mol. The predicted molar refractivity (Wildman–Crippen MR) is 54.7 cm³/mol. The van der Waals surface area contributed by atoms with Crippen LogP contribution in [0.25, 0.3) is 0 Å². The van der Waals surface area contributed by atoms with E-state index in [1.807, 2.05) is 0 Å². The first-order valence-corrected chi connectivity index (χ1v) is 4.84. The van der Waals surface area contributed by atoms with Crippen molar-refractivity contribution in [3.8, 4) is 0 Å². The highest BCUT2D eigenvalue weighted by Crippen LogP contribution is 2.25. The maximum absolute atomic E-state index is 12.4. The van der Waals surface area contributed by atoms with Crippen LogP contribution in [0.3, 0.4) is 0 Å². The Bertz CT molecular complexity index is 387. The van der Waals surface area contributed by atoms with Crippen molar-refractivity contribution in [1.82, 2.24) is 4.98 Å². The van der Waals surface area contributed by atoms with E-state index in [2.05, 4.69) is 9.72 Å². The minimum absolute atomic E-state index is 0.0717. The topological polar surface area (TPSA) is 39.2 Å². The zero-order valence-corrected chi connectivity index (χ0v) is 9.52. The number of methoxy groups -OCH3 is 1. The van der Waals surface area contributed by atoms with Crippen molar-refractivity contribution in [2.45, 2.75) is 19.8 Å². The van der Waals surface area contributed by atoms with E-state index in [0.29, 0.717) is 11.3 Å². The first-order chi connectivity index (χ1) is 7.45. The van der Waals surface area contributed by atoms with E-state index in [1.54, 1.807) is 0 Å². The second-order valence-electron chi connectivity index (χ2n) is 3.15. The molecule has 0 aliphatic heterocycles. The van der Waals surface area contributed by atoms with Gasteiger partial charge in [-0.1, -0.05) is 11.6 Å². The van der Waals surface area contributed by atoms with Crippen molar-refractivity contribution in [2.75, 3.05) is 7.11 Å². The summed E-state index contributed by atoms with van der Waals surface area (Å²) in [6.45, 7) is 1.52. The number of nitrogens with zero attached hydrogens (tertiary/aromatic N) is 1. The number of rotatable bonds is 3. The van der Waals surface area contributed by atoms with Crippen LogP contribution in [0.1, 0.15) is 23.4 Å². The van der Waals surface area contributed by atoms with Crippen molar-refractivity contribution < 1.29 is 18.3 Å². The molecule has 0 spiro atoms. The van der Waals surface area contributed by atoms with Crippen LogP contribution in [0.15, 0.2) is 6.07 Å². The van der Waals surface area contributed by atoms with Gasteiger partial charge in [-0.3, -0.25) is 9.78 Å². The summed E-state index contributed by atoms with van der Waals surface area (Å²) >= 11 is 5.80. The Hall–Kier alpha value is -1.23. The van der Waals surface area contributed by atoms with Gasteiger partial charge in [-0.15, -0.1) is 0 Å². The molecule has 0 amide bonds. The van der Waals surface area contributed by atoms with Crippen LogP contribution in [0.2, 0.25) is 5.02 Å². The van der Waals surface area contributed by atoms with Gasteiger partial charge in [-0.2, -0.15) is 0 Å².